The van der Waals surface area contributed by atoms with E-state index in [9.17, 15) is 0 Å². The van der Waals surface area contributed by atoms with Crippen LogP contribution in [0.25, 0.3) is 0 Å². The van der Waals surface area contributed by atoms with Crippen LogP contribution in [0.15, 0.2) is 18.2 Å². The fourth-order valence-corrected chi connectivity index (χ4v) is 1.92. The second-order valence-corrected chi connectivity index (χ2v) is 6.12. The minimum Gasteiger partial charge on any atom is -0.380 e. The minimum atomic E-state index is 0.139. The van der Waals surface area contributed by atoms with Gasteiger partial charge in [-0.15, -0.1) is 0 Å². The summed E-state index contributed by atoms with van der Waals surface area (Å²) in [5.74, 6) is 0. The van der Waals surface area contributed by atoms with Crippen molar-refractivity contribution >= 4 is 23.2 Å². The first-order chi connectivity index (χ1) is 8.38. The van der Waals surface area contributed by atoms with Crippen molar-refractivity contribution in [2.24, 2.45) is 0 Å². The maximum atomic E-state index is 6.07. The maximum Gasteiger partial charge on any atom is 0.0591 e. The molecule has 0 saturated heterocycles. The smallest absolute Gasteiger partial charge is 0.0591 e. The fraction of sp³-hybridized carbons (Fsp3) is 0.571. The number of hydrogen-bond acceptors (Lipinski definition) is 2. The molecular weight excluding hydrogens is 269 g/mol. The van der Waals surface area contributed by atoms with Crippen LogP contribution >= 0.6 is 23.2 Å². The molecule has 0 fully saturated rings. The lowest BCUT2D eigenvalue weighted by atomic mass is 10.1. The average Bonchev–Trinajstić information content (AvgIpc) is 2.26. The third-order valence-corrected chi connectivity index (χ3v) is 3.03. The molecule has 1 rings (SSSR count). The zero-order valence-electron chi connectivity index (χ0n) is 11.2. The standard InChI is InChI=1S/C14H21Cl2NO/c1-14(2,3)17-7-9-18-8-6-11-10-12(15)4-5-13(11)16/h4-5,10,17H,6-9H2,1-3H3. The van der Waals surface area contributed by atoms with E-state index in [0.717, 1.165) is 23.6 Å². The Morgan fingerprint density at radius 2 is 1.89 bits per heavy atom. The molecule has 0 saturated carbocycles. The summed E-state index contributed by atoms with van der Waals surface area (Å²) in [7, 11) is 0. The van der Waals surface area contributed by atoms with Crippen molar-refractivity contribution in [1.82, 2.24) is 5.32 Å². The summed E-state index contributed by atoms with van der Waals surface area (Å²) in [5.41, 5.74) is 1.17. The average molecular weight is 290 g/mol. The second-order valence-electron chi connectivity index (χ2n) is 5.27. The number of rotatable bonds is 6. The number of nitrogens with one attached hydrogen (secondary N) is 1. The molecule has 0 aliphatic rings. The zero-order valence-corrected chi connectivity index (χ0v) is 12.7. The Balaban J connectivity index is 2.20. The Bertz CT molecular complexity index is 375. The number of benzene rings is 1. The highest BCUT2D eigenvalue weighted by molar-refractivity contribution is 6.33. The van der Waals surface area contributed by atoms with Gasteiger partial charge in [-0.25, -0.2) is 0 Å². The number of halogens is 2. The lowest BCUT2D eigenvalue weighted by molar-refractivity contribution is 0.134. The van der Waals surface area contributed by atoms with E-state index in [2.05, 4.69) is 26.1 Å². The van der Waals surface area contributed by atoms with Gasteiger partial charge in [0.25, 0.3) is 0 Å². The van der Waals surface area contributed by atoms with Gasteiger partial charge in [0.1, 0.15) is 0 Å². The fourth-order valence-electron chi connectivity index (χ4n) is 1.52. The molecule has 0 atom stereocenters. The van der Waals surface area contributed by atoms with Crippen LogP contribution in [0, 0.1) is 0 Å². The molecule has 102 valence electrons. The first kappa shape index (κ1) is 15.8. The lowest BCUT2D eigenvalue weighted by Crippen LogP contribution is -2.38. The highest BCUT2D eigenvalue weighted by Crippen LogP contribution is 2.20. The van der Waals surface area contributed by atoms with E-state index in [4.69, 9.17) is 27.9 Å². The van der Waals surface area contributed by atoms with Crippen molar-refractivity contribution < 1.29 is 4.74 Å². The molecule has 0 amide bonds. The Morgan fingerprint density at radius 1 is 1.17 bits per heavy atom. The molecule has 18 heavy (non-hydrogen) atoms. The molecule has 0 heterocycles. The van der Waals surface area contributed by atoms with Crippen molar-refractivity contribution in [3.8, 4) is 0 Å². The van der Waals surface area contributed by atoms with E-state index in [1.54, 1.807) is 6.07 Å². The Kier molecular flexibility index (Phi) is 6.44. The largest absolute Gasteiger partial charge is 0.380 e. The van der Waals surface area contributed by atoms with Gasteiger partial charge in [-0.05, 0) is 51.0 Å². The van der Waals surface area contributed by atoms with E-state index in [-0.39, 0.29) is 5.54 Å². The van der Waals surface area contributed by atoms with Crippen molar-refractivity contribution in [1.29, 1.82) is 0 Å². The van der Waals surface area contributed by atoms with Crippen LogP contribution in [0.3, 0.4) is 0 Å². The number of hydrogen-bond donors (Lipinski definition) is 1. The first-order valence-corrected chi connectivity index (χ1v) is 6.91. The lowest BCUT2D eigenvalue weighted by Gasteiger charge is -2.20. The predicted molar refractivity (Wildman–Crippen MR) is 78.7 cm³/mol. The SMILES string of the molecule is CC(C)(C)NCCOCCc1cc(Cl)ccc1Cl. The van der Waals surface area contributed by atoms with Gasteiger partial charge in [0, 0.05) is 22.1 Å². The molecule has 0 aliphatic heterocycles. The van der Waals surface area contributed by atoms with Gasteiger partial charge < -0.3 is 10.1 Å². The quantitative estimate of drug-likeness (QED) is 0.801. The number of ether oxygens (including phenoxy) is 1. The third kappa shape index (κ3) is 6.60. The summed E-state index contributed by atoms with van der Waals surface area (Å²) in [4.78, 5) is 0. The maximum absolute atomic E-state index is 6.07. The molecule has 1 aromatic carbocycles. The molecule has 0 bridgehead atoms. The molecule has 0 radical (unpaired) electrons. The molecule has 2 nitrogen and oxygen atoms in total. The summed E-state index contributed by atoms with van der Waals surface area (Å²) in [6.45, 7) is 8.63. The Morgan fingerprint density at radius 3 is 2.56 bits per heavy atom. The van der Waals surface area contributed by atoms with Crippen LogP contribution in [0.2, 0.25) is 10.0 Å². The summed E-state index contributed by atoms with van der Waals surface area (Å²) < 4.78 is 5.56. The predicted octanol–water partition coefficient (Wildman–Crippen LogP) is 3.94. The topological polar surface area (TPSA) is 21.3 Å². The molecule has 0 aromatic heterocycles. The molecule has 4 heteroatoms. The van der Waals surface area contributed by atoms with Gasteiger partial charge in [0.2, 0.25) is 0 Å². The molecule has 0 aliphatic carbocycles. The van der Waals surface area contributed by atoms with Crippen LogP contribution in [0.5, 0.6) is 0 Å². The molecule has 0 spiro atoms. The molecule has 1 N–H and O–H groups in total. The highest BCUT2D eigenvalue weighted by Gasteiger charge is 2.07. The minimum absolute atomic E-state index is 0.139. The third-order valence-electron chi connectivity index (χ3n) is 2.43. The van der Waals surface area contributed by atoms with Crippen LogP contribution in [-0.4, -0.2) is 25.3 Å². The Hall–Kier alpha value is -0.280. The molecule has 1 aromatic rings. The van der Waals surface area contributed by atoms with Crippen LogP contribution in [0.1, 0.15) is 26.3 Å². The van der Waals surface area contributed by atoms with Crippen molar-refractivity contribution in [2.45, 2.75) is 32.7 Å². The van der Waals surface area contributed by atoms with Crippen molar-refractivity contribution in [3.63, 3.8) is 0 Å². The normalized spacial score (nSPS) is 11.8. The van der Waals surface area contributed by atoms with E-state index < -0.39 is 0 Å². The van der Waals surface area contributed by atoms with Gasteiger partial charge in [-0.2, -0.15) is 0 Å². The zero-order chi connectivity index (χ0) is 13.6. The van der Waals surface area contributed by atoms with Crippen molar-refractivity contribution in [2.75, 3.05) is 19.8 Å². The van der Waals surface area contributed by atoms with Gasteiger partial charge in [-0.3, -0.25) is 0 Å². The van der Waals surface area contributed by atoms with Gasteiger partial charge in [-0.1, -0.05) is 23.2 Å². The van der Waals surface area contributed by atoms with Crippen LogP contribution in [-0.2, 0) is 11.2 Å². The summed E-state index contributed by atoms with van der Waals surface area (Å²) in [5, 5.41) is 4.83. The van der Waals surface area contributed by atoms with E-state index in [0.29, 0.717) is 18.2 Å². The first-order valence-electron chi connectivity index (χ1n) is 6.15. The monoisotopic (exact) mass is 289 g/mol. The summed E-state index contributed by atoms with van der Waals surface area (Å²) >= 11 is 12.0. The molecule has 0 unspecified atom stereocenters. The van der Waals surface area contributed by atoms with E-state index >= 15 is 0 Å². The summed E-state index contributed by atoms with van der Waals surface area (Å²) in [6.07, 6.45) is 0.787. The van der Waals surface area contributed by atoms with Gasteiger partial charge >= 0.3 is 0 Å². The van der Waals surface area contributed by atoms with E-state index in [1.165, 1.54) is 0 Å². The van der Waals surface area contributed by atoms with E-state index in [1.807, 2.05) is 12.1 Å². The van der Waals surface area contributed by atoms with Gasteiger partial charge in [0.15, 0.2) is 0 Å². The van der Waals surface area contributed by atoms with Crippen LogP contribution < -0.4 is 5.32 Å². The Labute approximate surface area is 120 Å². The molecular formula is C14H21Cl2NO. The van der Waals surface area contributed by atoms with Gasteiger partial charge in [0.05, 0.1) is 13.2 Å². The van der Waals surface area contributed by atoms with Crippen molar-refractivity contribution in [3.05, 3.63) is 33.8 Å². The summed E-state index contributed by atoms with van der Waals surface area (Å²) in [6, 6.07) is 5.50. The van der Waals surface area contributed by atoms with Crippen LogP contribution in [0.4, 0.5) is 0 Å². The second kappa shape index (κ2) is 7.34. The highest BCUT2D eigenvalue weighted by atomic mass is 35.5.